The van der Waals surface area contributed by atoms with Crippen molar-refractivity contribution in [2.45, 2.75) is 33.1 Å². The van der Waals surface area contributed by atoms with E-state index in [4.69, 9.17) is 14.2 Å². The second kappa shape index (κ2) is 13.8. The van der Waals surface area contributed by atoms with Crippen LogP contribution in [0.4, 0.5) is 0 Å². The maximum Gasteiger partial charge on any atom is 0.343 e. The van der Waals surface area contributed by atoms with Crippen molar-refractivity contribution in [3.63, 3.8) is 0 Å². The first-order valence-electron chi connectivity index (χ1n) is 12.5. The molecule has 0 amide bonds. The maximum absolute atomic E-state index is 12.2. The van der Waals surface area contributed by atoms with Gasteiger partial charge in [-0.3, -0.25) is 4.79 Å². The molecule has 0 radical (unpaired) electrons. The number of carbonyl (C=O) groups excluding carboxylic acids is 2. The fraction of sp³-hybridized carbons (Fsp3) is 0.212. The highest BCUT2D eigenvalue weighted by Gasteiger charge is 2.22. The van der Waals surface area contributed by atoms with E-state index in [0.717, 1.165) is 5.75 Å². The number of hydrogen-bond donors (Lipinski definition) is 0. The van der Waals surface area contributed by atoms with Crippen molar-refractivity contribution in [1.82, 2.24) is 0 Å². The lowest BCUT2D eigenvalue weighted by molar-refractivity contribution is -0.137. The van der Waals surface area contributed by atoms with Crippen molar-refractivity contribution in [3.8, 4) is 17.2 Å². The topological polar surface area (TPSA) is 71.1 Å². The summed E-state index contributed by atoms with van der Waals surface area (Å²) in [5.41, 5.74) is 4.11. The quantitative estimate of drug-likeness (QED) is 0.138. The highest BCUT2D eigenvalue weighted by atomic mass is 16.7. The molecule has 0 unspecified atom stereocenters. The number of aryl methyl sites for hydroxylation is 1. The van der Waals surface area contributed by atoms with E-state index in [2.05, 4.69) is 61.9 Å². The fourth-order valence-electron chi connectivity index (χ4n) is 3.64. The van der Waals surface area contributed by atoms with Crippen LogP contribution < -0.4 is 14.2 Å². The molecule has 0 saturated carbocycles. The average Bonchev–Trinajstić information content (AvgIpc) is 2.94. The van der Waals surface area contributed by atoms with Gasteiger partial charge in [-0.1, -0.05) is 80.1 Å². The highest BCUT2D eigenvalue weighted by molar-refractivity contribution is 5.91. The Labute approximate surface area is 230 Å². The van der Waals surface area contributed by atoms with Gasteiger partial charge >= 0.3 is 11.9 Å². The lowest BCUT2D eigenvalue weighted by atomic mass is 9.78. The third-order valence-corrected chi connectivity index (χ3v) is 6.11. The number of ether oxygens (including phenoxy) is 4. The number of esters is 2. The van der Waals surface area contributed by atoms with Crippen molar-refractivity contribution in [1.29, 1.82) is 0 Å². The molecule has 4 aromatic rings. The minimum atomic E-state index is -0.414. The Balaban J connectivity index is 0.000000771. The summed E-state index contributed by atoms with van der Waals surface area (Å²) in [5, 5.41) is 0. The summed E-state index contributed by atoms with van der Waals surface area (Å²) < 4.78 is 21.0. The van der Waals surface area contributed by atoms with Gasteiger partial charge in [0.1, 0.15) is 17.2 Å². The van der Waals surface area contributed by atoms with Gasteiger partial charge in [-0.25, -0.2) is 4.79 Å². The molecule has 0 N–H and O–H groups in total. The highest BCUT2D eigenvalue weighted by Crippen LogP contribution is 2.32. The van der Waals surface area contributed by atoms with Crippen LogP contribution in [-0.4, -0.2) is 25.8 Å². The average molecular weight is 527 g/mol. The van der Waals surface area contributed by atoms with Crippen molar-refractivity contribution >= 4 is 11.9 Å². The van der Waals surface area contributed by atoms with Gasteiger partial charge < -0.3 is 18.9 Å². The fourth-order valence-corrected chi connectivity index (χ4v) is 3.64. The summed E-state index contributed by atoms with van der Waals surface area (Å²) in [7, 11) is 1.35. The van der Waals surface area contributed by atoms with Crippen molar-refractivity contribution in [3.05, 3.63) is 125 Å². The van der Waals surface area contributed by atoms with E-state index in [9.17, 15) is 9.59 Å². The number of carbonyl (C=O) groups is 2. The minimum Gasteiger partial charge on any atom is -0.469 e. The Morgan fingerprint density at radius 2 is 1.23 bits per heavy atom. The Bertz CT molecular complexity index is 1340. The molecule has 6 heteroatoms. The molecule has 0 aliphatic carbocycles. The molecular weight excluding hydrogens is 492 g/mol. The van der Waals surface area contributed by atoms with E-state index in [1.165, 1.54) is 30.7 Å². The van der Waals surface area contributed by atoms with Gasteiger partial charge in [-0.2, -0.15) is 0 Å². The zero-order chi connectivity index (χ0) is 28.3. The first-order valence-corrected chi connectivity index (χ1v) is 12.5. The lowest BCUT2D eigenvalue weighted by Crippen LogP contribution is -2.18. The van der Waals surface area contributed by atoms with E-state index in [0.29, 0.717) is 17.1 Å². The van der Waals surface area contributed by atoms with Crippen LogP contribution in [0.5, 0.6) is 17.2 Å². The smallest absolute Gasteiger partial charge is 0.343 e. The Kier molecular flexibility index (Phi) is 10.3. The van der Waals surface area contributed by atoms with E-state index in [1.807, 2.05) is 18.2 Å². The van der Waals surface area contributed by atoms with E-state index >= 15 is 0 Å². The van der Waals surface area contributed by atoms with Gasteiger partial charge in [-0.05, 0) is 54.4 Å². The number of rotatable bonds is 8. The summed E-state index contributed by atoms with van der Waals surface area (Å²) in [5.74, 6) is 1.02. The summed E-state index contributed by atoms with van der Waals surface area (Å²) in [6.07, 6.45) is 0. The molecule has 0 fully saturated rings. The van der Waals surface area contributed by atoms with E-state index < -0.39 is 5.97 Å². The molecule has 202 valence electrons. The first-order chi connectivity index (χ1) is 18.7. The summed E-state index contributed by atoms with van der Waals surface area (Å²) in [4.78, 5) is 21.8. The largest absolute Gasteiger partial charge is 0.469 e. The van der Waals surface area contributed by atoms with Crippen molar-refractivity contribution < 1.29 is 28.5 Å². The van der Waals surface area contributed by atoms with Crippen LogP contribution in [0, 0.1) is 6.92 Å². The molecule has 0 aliphatic rings. The zero-order valence-electron chi connectivity index (χ0n) is 23.0. The molecule has 4 rings (SSSR count). The first kappa shape index (κ1) is 29.0. The van der Waals surface area contributed by atoms with Crippen LogP contribution in [0.2, 0.25) is 0 Å². The van der Waals surface area contributed by atoms with Crippen LogP contribution in [0.25, 0.3) is 0 Å². The Morgan fingerprint density at radius 1 is 0.692 bits per heavy atom. The zero-order valence-corrected chi connectivity index (χ0v) is 23.0. The van der Waals surface area contributed by atoms with Gasteiger partial charge in [0.15, 0.2) is 0 Å². The third kappa shape index (κ3) is 8.75. The number of benzene rings is 4. The standard InChI is InChI=1S/C30H28O4.C3H6O2/c1-22-12-14-24(15-13-22)30(2,3)25-16-18-26(19-17-25)32-21-33-27-10-7-11-28(20-27)34-29(31)23-8-5-4-6-9-23;1-3(4)5-2/h4-20H,21H2,1-3H3;1-2H3. The van der Waals surface area contributed by atoms with Crippen molar-refractivity contribution in [2.24, 2.45) is 0 Å². The second-order valence-corrected chi connectivity index (χ2v) is 9.35. The number of methoxy groups -OCH3 is 1. The minimum absolute atomic E-state index is 0.0385. The molecule has 0 atom stereocenters. The maximum atomic E-state index is 12.2. The summed E-state index contributed by atoms with van der Waals surface area (Å²) >= 11 is 0. The molecule has 0 heterocycles. The lowest BCUT2D eigenvalue weighted by Gasteiger charge is -2.26. The summed E-state index contributed by atoms with van der Waals surface area (Å²) in [6.45, 7) is 7.93. The van der Waals surface area contributed by atoms with Crippen LogP contribution in [0.1, 0.15) is 47.8 Å². The molecule has 39 heavy (non-hydrogen) atoms. The normalized spacial score (nSPS) is 10.5. The van der Waals surface area contributed by atoms with Gasteiger partial charge in [0.05, 0.1) is 12.7 Å². The van der Waals surface area contributed by atoms with E-state index in [-0.39, 0.29) is 18.2 Å². The molecule has 0 saturated heterocycles. The molecule has 4 aromatic carbocycles. The van der Waals surface area contributed by atoms with Gasteiger partial charge in [0.25, 0.3) is 0 Å². The predicted octanol–water partition coefficient (Wildman–Crippen LogP) is 7.13. The van der Waals surface area contributed by atoms with Gasteiger partial charge in [0.2, 0.25) is 6.79 Å². The van der Waals surface area contributed by atoms with Crippen LogP contribution >= 0.6 is 0 Å². The SMILES string of the molecule is COC(C)=O.Cc1ccc(C(C)(C)c2ccc(OCOc3cccc(OC(=O)c4ccccc4)c3)cc2)cc1. The van der Waals surface area contributed by atoms with Crippen molar-refractivity contribution in [2.75, 3.05) is 13.9 Å². The van der Waals surface area contributed by atoms with Crippen LogP contribution in [0.3, 0.4) is 0 Å². The monoisotopic (exact) mass is 526 g/mol. The molecular formula is C33H34O6. The molecule has 0 aromatic heterocycles. The Hall–Kier alpha value is -4.58. The number of hydrogen-bond acceptors (Lipinski definition) is 6. The van der Waals surface area contributed by atoms with Gasteiger partial charge in [0, 0.05) is 18.4 Å². The third-order valence-electron chi connectivity index (χ3n) is 6.11. The Morgan fingerprint density at radius 3 is 1.82 bits per heavy atom. The molecule has 0 spiro atoms. The predicted molar refractivity (Wildman–Crippen MR) is 151 cm³/mol. The van der Waals surface area contributed by atoms with Gasteiger partial charge in [-0.15, -0.1) is 0 Å². The molecule has 0 bridgehead atoms. The van der Waals surface area contributed by atoms with Crippen LogP contribution in [0.15, 0.2) is 103 Å². The molecule has 0 aliphatic heterocycles. The molecule has 6 nitrogen and oxygen atoms in total. The summed E-state index contributed by atoms with van der Waals surface area (Å²) in [6, 6.07) is 32.5. The van der Waals surface area contributed by atoms with E-state index in [1.54, 1.807) is 48.5 Å². The van der Waals surface area contributed by atoms with Crippen LogP contribution in [-0.2, 0) is 14.9 Å². The second-order valence-electron chi connectivity index (χ2n) is 9.35.